The highest BCUT2D eigenvalue weighted by atomic mass is 16.5. The number of amides is 2. The molecule has 2 amide bonds. The van der Waals surface area contributed by atoms with Crippen LogP contribution in [-0.4, -0.2) is 51.1 Å². The first-order valence-corrected chi connectivity index (χ1v) is 11.3. The zero-order chi connectivity index (χ0) is 24.4. The van der Waals surface area contributed by atoms with Gasteiger partial charge in [0.25, 0.3) is 17.6 Å². The lowest BCUT2D eigenvalue weighted by Crippen LogP contribution is -2.53. The van der Waals surface area contributed by atoms with Crippen LogP contribution in [0.4, 0.5) is 5.82 Å². The molecule has 2 atom stereocenters. The van der Waals surface area contributed by atoms with Crippen LogP contribution >= 0.6 is 0 Å². The fraction of sp³-hybridized carbons (Fsp3) is 0.240. The smallest absolute Gasteiger partial charge is 0.299 e. The fourth-order valence-corrected chi connectivity index (χ4v) is 4.52. The molecule has 5 rings (SSSR count). The largest absolute Gasteiger partial charge is 0.363 e. The van der Waals surface area contributed by atoms with Gasteiger partial charge in [-0.3, -0.25) is 14.6 Å². The van der Waals surface area contributed by atoms with Gasteiger partial charge in [0.1, 0.15) is 18.2 Å². The molecular formula is C25H24N7O3+. The predicted octanol–water partition coefficient (Wildman–Crippen LogP) is 2.55. The second-order valence-corrected chi connectivity index (χ2v) is 8.36. The lowest BCUT2D eigenvalue weighted by Gasteiger charge is -2.34. The molecule has 1 saturated heterocycles. The Balaban J connectivity index is 1.48. The Morgan fingerprint density at radius 2 is 2.06 bits per heavy atom. The van der Waals surface area contributed by atoms with Crippen molar-refractivity contribution < 1.29 is 18.7 Å². The monoisotopic (exact) mass is 470 g/mol. The van der Waals surface area contributed by atoms with Gasteiger partial charge in [0, 0.05) is 18.2 Å². The third-order valence-corrected chi connectivity index (χ3v) is 6.22. The second-order valence-electron chi connectivity index (χ2n) is 8.36. The van der Waals surface area contributed by atoms with E-state index in [9.17, 15) is 9.59 Å². The van der Waals surface area contributed by atoms with Gasteiger partial charge in [-0.25, -0.2) is 0 Å². The SMILES string of the molecule is CC#CC(=O)N1CCCCC1C1=C2C=NC=C[N+]2(N)C(c2ccc(C(=O)Nc3ccon3)cc2)=N1. The van der Waals surface area contributed by atoms with Gasteiger partial charge in [-0.15, -0.1) is 4.59 Å². The van der Waals surface area contributed by atoms with Crippen molar-refractivity contribution in [3.8, 4) is 11.8 Å². The second kappa shape index (κ2) is 9.13. The van der Waals surface area contributed by atoms with Gasteiger partial charge in [-0.05, 0) is 56.4 Å². The summed E-state index contributed by atoms with van der Waals surface area (Å²) in [7, 11) is 0. The first-order valence-electron chi connectivity index (χ1n) is 11.3. The van der Waals surface area contributed by atoms with Crippen molar-refractivity contribution in [3.63, 3.8) is 0 Å². The number of carbonyl (C=O) groups excluding carboxylic acids is 2. The molecule has 0 aliphatic carbocycles. The van der Waals surface area contributed by atoms with E-state index in [0.717, 1.165) is 30.5 Å². The van der Waals surface area contributed by atoms with Crippen molar-refractivity contribution in [2.45, 2.75) is 32.2 Å². The van der Waals surface area contributed by atoms with Crippen molar-refractivity contribution >= 4 is 29.7 Å². The minimum Gasteiger partial charge on any atom is -0.363 e. The molecule has 0 bridgehead atoms. The summed E-state index contributed by atoms with van der Waals surface area (Å²) in [6, 6.07) is 8.33. The van der Waals surface area contributed by atoms with Crippen LogP contribution in [0.1, 0.15) is 42.1 Å². The van der Waals surface area contributed by atoms with Crippen molar-refractivity contribution in [3.05, 3.63) is 71.5 Å². The molecule has 1 aromatic carbocycles. The molecule has 1 fully saturated rings. The van der Waals surface area contributed by atoms with Crippen molar-refractivity contribution in [2.75, 3.05) is 11.9 Å². The molecule has 4 heterocycles. The van der Waals surface area contributed by atoms with E-state index in [4.69, 9.17) is 15.4 Å². The number of allylic oxidation sites excluding steroid dienone is 1. The molecule has 2 unspecified atom stereocenters. The van der Waals surface area contributed by atoms with Gasteiger partial charge in [0.2, 0.25) is 5.70 Å². The molecule has 10 nitrogen and oxygen atoms in total. The fourth-order valence-electron chi connectivity index (χ4n) is 4.52. The molecule has 0 spiro atoms. The standard InChI is InChI=1S/C25H23N7O3/c1-2-5-22(33)31-13-4-3-6-19(31)23-20-16-27-12-14-32(20,26)24(29-23)17-7-9-18(10-8-17)25(34)28-21-11-15-35-30-21/h7-12,14-16,19H,3-4,6,13,26H2,1H3/p+1. The quantitative estimate of drug-likeness (QED) is 0.403. The van der Waals surface area contributed by atoms with Crippen molar-refractivity contribution in [1.82, 2.24) is 10.1 Å². The number of quaternary nitrogens is 1. The molecule has 3 aliphatic rings. The Morgan fingerprint density at radius 1 is 1.23 bits per heavy atom. The maximum Gasteiger partial charge on any atom is 0.299 e. The number of benzene rings is 1. The molecule has 1 aromatic heterocycles. The highest BCUT2D eigenvalue weighted by molar-refractivity contribution is 6.05. The minimum absolute atomic E-state index is 0.165. The normalized spacial score (nSPS) is 22.9. The number of hydrogen-bond donors (Lipinski definition) is 2. The van der Waals surface area contributed by atoms with Crippen LogP contribution in [-0.2, 0) is 4.79 Å². The Morgan fingerprint density at radius 3 is 2.80 bits per heavy atom. The summed E-state index contributed by atoms with van der Waals surface area (Å²) in [5.74, 6) is 12.6. The highest BCUT2D eigenvalue weighted by Gasteiger charge is 2.47. The number of anilines is 1. The Labute approximate surface area is 202 Å². The maximum atomic E-state index is 12.7. The lowest BCUT2D eigenvalue weighted by atomic mass is 9.98. The molecular weight excluding hydrogens is 446 g/mol. The van der Waals surface area contributed by atoms with Gasteiger partial charge in [0.15, 0.2) is 5.82 Å². The average Bonchev–Trinajstić information content (AvgIpc) is 3.49. The van der Waals surface area contributed by atoms with Crippen LogP contribution in [0.2, 0.25) is 0 Å². The van der Waals surface area contributed by atoms with Crippen LogP contribution in [0.15, 0.2) is 74.9 Å². The van der Waals surface area contributed by atoms with E-state index >= 15 is 0 Å². The number of aliphatic imine (C=N–C) groups is 2. The number of nitrogens with two attached hydrogens (primary N) is 1. The third-order valence-electron chi connectivity index (χ3n) is 6.22. The number of nitrogens with zero attached hydrogens (tertiary/aromatic N) is 5. The summed E-state index contributed by atoms with van der Waals surface area (Å²) in [6.45, 7) is 2.27. The van der Waals surface area contributed by atoms with Crippen LogP contribution in [0.5, 0.6) is 0 Å². The molecule has 0 saturated carbocycles. The Bertz CT molecular complexity index is 1340. The first-order chi connectivity index (χ1) is 17.0. The highest BCUT2D eigenvalue weighted by Crippen LogP contribution is 2.36. The number of nitrogens with one attached hydrogen (secondary N) is 1. The van der Waals surface area contributed by atoms with Crippen LogP contribution in [0.25, 0.3) is 0 Å². The van der Waals surface area contributed by atoms with E-state index in [-0.39, 0.29) is 22.4 Å². The van der Waals surface area contributed by atoms with Crippen molar-refractivity contribution in [2.24, 2.45) is 15.8 Å². The maximum absolute atomic E-state index is 12.7. The summed E-state index contributed by atoms with van der Waals surface area (Å²) in [5.41, 5.74) is 2.63. The van der Waals surface area contributed by atoms with E-state index in [2.05, 4.69) is 27.3 Å². The zero-order valence-electron chi connectivity index (χ0n) is 19.1. The van der Waals surface area contributed by atoms with Gasteiger partial charge in [-0.2, -0.15) is 10.8 Å². The molecule has 3 aliphatic heterocycles. The predicted molar refractivity (Wildman–Crippen MR) is 129 cm³/mol. The Hall–Kier alpha value is -4.33. The summed E-state index contributed by atoms with van der Waals surface area (Å²) in [5, 5.41) is 6.36. The van der Waals surface area contributed by atoms with Crippen molar-refractivity contribution in [1.29, 1.82) is 0 Å². The Kier molecular flexibility index (Phi) is 5.86. The lowest BCUT2D eigenvalue weighted by molar-refractivity contribution is -0.750. The summed E-state index contributed by atoms with van der Waals surface area (Å²) >= 11 is 0. The van der Waals surface area contributed by atoms with Gasteiger partial charge in [-0.1, -0.05) is 11.1 Å². The van der Waals surface area contributed by atoms with Gasteiger partial charge in [0.05, 0.1) is 24.0 Å². The topological polar surface area (TPSA) is 126 Å². The molecule has 3 N–H and O–H groups in total. The average molecular weight is 471 g/mol. The molecule has 35 heavy (non-hydrogen) atoms. The number of aromatic nitrogens is 1. The van der Waals surface area contributed by atoms with Gasteiger partial charge >= 0.3 is 0 Å². The summed E-state index contributed by atoms with van der Waals surface area (Å²) < 4.78 is 4.58. The molecule has 176 valence electrons. The number of piperidine rings is 1. The third kappa shape index (κ3) is 4.07. The zero-order valence-corrected chi connectivity index (χ0v) is 19.1. The van der Waals surface area contributed by atoms with Crippen LogP contribution in [0.3, 0.4) is 0 Å². The summed E-state index contributed by atoms with van der Waals surface area (Å²) in [4.78, 5) is 36.3. The van der Waals surface area contributed by atoms with Gasteiger partial charge < -0.3 is 14.7 Å². The van der Waals surface area contributed by atoms with E-state index in [1.807, 2.05) is 0 Å². The number of carbonyl (C=O) groups is 2. The first kappa shape index (κ1) is 22.5. The number of amidine groups is 1. The number of rotatable bonds is 4. The molecule has 10 heteroatoms. The van der Waals surface area contributed by atoms with E-state index in [1.165, 1.54) is 6.26 Å². The van der Waals surface area contributed by atoms with Crippen LogP contribution < -0.4 is 11.2 Å². The minimum atomic E-state index is -0.312. The van der Waals surface area contributed by atoms with Crippen LogP contribution in [0, 0.1) is 11.8 Å². The van der Waals surface area contributed by atoms with E-state index in [0.29, 0.717) is 29.5 Å². The number of fused-ring (bicyclic) bond motifs is 1. The summed E-state index contributed by atoms with van der Waals surface area (Å²) in [6.07, 6.45) is 9.14. The number of likely N-dealkylation sites (tertiary alicyclic amines) is 1. The van der Waals surface area contributed by atoms with E-state index in [1.54, 1.807) is 60.8 Å². The van der Waals surface area contributed by atoms with E-state index < -0.39 is 0 Å². The molecule has 2 aromatic rings. The number of hydrogen-bond acceptors (Lipinski definition) is 7. The molecule has 0 radical (unpaired) electrons.